The predicted molar refractivity (Wildman–Crippen MR) is 71.9 cm³/mol. The lowest BCUT2D eigenvalue weighted by Crippen LogP contribution is -2.15. The van der Waals surface area contributed by atoms with Crippen LogP contribution in [0.15, 0.2) is 18.2 Å². The van der Waals surface area contributed by atoms with Gasteiger partial charge < -0.3 is 9.84 Å². The van der Waals surface area contributed by atoms with Crippen LogP contribution in [0.5, 0.6) is 5.75 Å². The van der Waals surface area contributed by atoms with Gasteiger partial charge in [0.15, 0.2) is 0 Å². The van der Waals surface area contributed by atoms with Gasteiger partial charge in [-0.05, 0) is 61.6 Å². The molecule has 0 spiro atoms. The fourth-order valence-corrected chi connectivity index (χ4v) is 2.89. The summed E-state index contributed by atoms with van der Waals surface area (Å²) in [5.41, 5.74) is 2.87. The molecule has 0 radical (unpaired) electrons. The third-order valence-corrected chi connectivity index (χ3v) is 4.19. The minimum atomic E-state index is -0.149. The van der Waals surface area contributed by atoms with Crippen LogP contribution in [0.25, 0.3) is 0 Å². The zero-order valence-electron chi connectivity index (χ0n) is 10.9. The van der Waals surface area contributed by atoms with Crippen LogP contribution in [0.2, 0.25) is 0 Å². The molecule has 98 valence electrons. The molecule has 18 heavy (non-hydrogen) atoms. The molecule has 0 aromatic heterocycles. The minimum Gasteiger partial charge on any atom is -0.493 e. The van der Waals surface area contributed by atoms with Crippen LogP contribution >= 0.6 is 0 Å². The number of aliphatic hydroxyl groups excluding tert-OH is 1. The summed E-state index contributed by atoms with van der Waals surface area (Å²) in [6.07, 6.45) is 7.94. The number of aliphatic hydroxyl groups is 1. The largest absolute Gasteiger partial charge is 0.493 e. The van der Waals surface area contributed by atoms with Gasteiger partial charge in [-0.25, -0.2) is 0 Å². The number of rotatable bonds is 5. The summed E-state index contributed by atoms with van der Waals surface area (Å²) in [5.74, 6) is 1.61. The first-order valence-electron chi connectivity index (χ1n) is 7.26. The average molecular weight is 246 g/mol. The lowest BCUT2D eigenvalue weighted by Gasteiger charge is -2.20. The van der Waals surface area contributed by atoms with Crippen molar-refractivity contribution in [1.29, 1.82) is 0 Å². The van der Waals surface area contributed by atoms with Crippen molar-refractivity contribution in [3.63, 3.8) is 0 Å². The van der Waals surface area contributed by atoms with E-state index in [1.54, 1.807) is 0 Å². The van der Waals surface area contributed by atoms with E-state index in [9.17, 15) is 5.11 Å². The van der Waals surface area contributed by atoms with E-state index in [1.807, 2.05) is 0 Å². The normalized spacial score (nSPS) is 20.3. The highest BCUT2D eigenvalue weighted by Gasteiger charge is 2.29. The quantitative estimate of drug-likeness (QED) is 0.865. The number of aryl methyl sites for hydroxylation is 1. The fraction of sp³-hybridized carbons (Fsp3) is 0.625. The Kier molecular flexibility index (Phi) is 3.55. The molecule has 2 aliphatic carbocycles. The van der Waals surface area contributed by atoms with Gasteiger partial charge in [-0.2, -0.15) is 0 Å². The van der Waals surface area contributed by atoms with E-state index in [-0.39, 0.29) is 6.10 Å². The standard InChI is InChI=1S/C16H22O2/c17-15(13-8-9-13)10-11-18-16-7-3-5-12-4-1-2-6-14(12)16/h3,5,7,13,15,17H,1-2,4,6,8-11H2. The molecule has 1 saturated carbocycles. The summed E-state index contributed by atoms with van der Waals surface area (Å²) in [7, 11) is 0. The van der Waals surface area contributed by atoms with E-state index in [0.717, 1.165) is 18.6 Å². The molecule has 2 nitrogen and oxygen atoms in total. The van der Waals surface area contributed by atoms with Gasteiger partial charge in [0, 0.05) is 6.42 Å². The smallest absolute Gasteiger partial charge is 0.122 e. The SMILES string of the molecule is OC(CCOc1cccc2c1CCCC2)C1CC1. The van der Waals surface area contributed by atoms with Crippen LogP contribution < -0.4 is 4.74 Å². The molecule has 1 atom stereocenters. The highest BCUT2D eigenvalue weighted by Crippen LogP contribution is 2.34. The number of ether oxygens (including phenoxy) is 1. The van der Waals surface area contributed by atoms with E-state index in [1.165, 1.54) is 43.2 Å². The lowest BCUT2D eigenvalue weighted by atomic mass is 9.91. The molecule has 0 bridgehead atoms. The Morgan fingerprint density at radius 1 is 1.22 bits per heavy atom. The first-order chi connectivity index (χ1) is 8.84. The van der Waals surface area contributed by atoms with Crippen LogP contribution in [0.1, 0.15) is 43.2 Å². The molecule has 1 unspecified atom stereocenters. The summed E-state index contributed by atoms with van der Waals surface area (Å²) in [6.45, 7) is 0.647. The number of fused-ring (bicyclic) bond motifs is 1. The summed E-state index contributed by atoms with van der Waals surface area (Å²) in [6, 6.07) is 6.39. The average Bonchev–Trinajstić information content (AvgIpc) is 3.23. The summed E-state index contributed by atoms with van der Waals surface area (Å²) in [4.78, 5) is 0. The molecule has 2 aliphatic rings. The first kappa shape index (κ1) is 12.0. The van der Waals surface area contributed by atoms with Crippen molar-refractivity contribution in [2.24, 2.45) is 5.92 Å². The van der Waals surface area contributed by atoms with Gasteiger partial charge in [-0.15, -0.1) is 0 Å². The first-order valence-corrected chi connectivity index (χ1v) is 7.26. The molecular weight excluding hydrogens is 224 g/mol. The van der Waals surface area contributed by atoms with E-state index in [2.05, 4.69) is 18.2 Å². The van der Waals surface area contributed by atoms with Crippen LogP contribution in [-0.2, 0) is 12.8 Å². The summed E-state index contributed by atoms with van der Waals surface area (Å²) >= 11 is 0. The second-order valence-corrected chi connectivity index (χ2v) is 5.64. The zero-order chi connectivity index (χ0) is 12.4. The van der Waals surface area contributed by atoms with Gasteiger partial charge in [0.1, 0.15) is 5.75 Å². The maximum Gasteiger partial charge on any atom is 0.122 e. The molecule has 1 N–H and O–H groups in total. The Balaban J connectivity index is 1.58. The molecule has 1 aromatic rings. The van der Waals surface area contributed by atoms with Crippen LogP contribution in [0.4, 0.5) is 0 Å². The van der Waals surface area contributed by atoms with E-state index in [4.69, 9.17) is 4.74 Å². The van der Waals surface area contributed by atoms with Gasteiger partial charge in [0.25, 0.3) is 0 Å². The van der Waals surface area contributed by atoms with E-state index < -0.39 is 0 Å². The Bertz CT molecular complexity index is 410. The predicted octanol–water partition coefficient (Wildman–Crippen LogP) is 3.11. The van der Waals surface area contributed by atoms with Crippen LogP contribution in [0, 0.1) is 5.92 Å². The Morgan fingerprint density at radius 3 is 2.89 bits per heavy atom. The van der Waals surface area contributed by atoms with Gasteiger partial charge >= 0.3 is 0 Å². The Morgan fingerprint density at radius 2 is 2.06 bits per heavy atom. The number of benzene rings is 1. The van der Waals surface area contributed by atoms with Gasteiger partial charge in [-0.3, -0.25) is 0 Å². The van der Waals surface area contributed by atoms with Crippen molar-refractivity contribution in [3.05, 3.63) is 29.3 Å². The summed E-state index contributed by atoms with van der Waals surface area (Å²) < 4.78 is 5.89. The van der Waals surface area contributed by atoms with Crippen molar-refractivity contribution in [2.45, 2.75) is 51.0 Å². The van der Waals surface area contributed by atoms with E-state index >= 15 is 0 Å². The van der Waals surface area contributed by atoms with Crippen molar-refractivity contribution < 1.29 is 9.84 Å². The molecule has 3 rings (SSSR count). The topological polar surface area (TPSA) is 29.5 Å². The van der Waals surface area contributed by atoms with Gasteiger partial charge in [0.2, 0.25) is 0 Å². The van der Waals surface area contributed by atoms with Gasteiger partial charge in [0.05, 0.1) is 12.7 Å². The second kappa shape index (κ2) is 5.31. The molecule has 1 fully saturated rings. The monoisotopic (exact) mass is 246 g/mol. The number of hydrogen-bond acceptors (Lipinski definition) is 2. The van der Waals surface area contributed by atoms with Crippen LogP contribution in [0.3, 0.4) is 0 Å². The molecule has 1 aromatic carbocycles. The second-order valence-electron chi connectivity index (χ2n) is 5.64. The highest BCUT2D eigenvalue weighted by molar-refractivity contribution is 5.41. The van der Waals surface area contributed by atoms with Gasteiger partial charge in [-0.1, -0.05) is 12.1 Å². The van der Waals surface area contributed by atoms with Crippen LogP contribution in [-0.4, -0.2) is 17.8 Å². The maximum absolute atomic E-state index is 9.83. The molecule has 0 aliphatic heterocycles. The van der Waals surface area contributed by atoms with Crippen molar-refractivity contribution >= 4 is 0 Å². The third kappa shape index (κ3) is 2.69. The lowest BCUT2D eigenvalue weighted by molar-refractivity contribution is 0.119. The van der Waals surface area contributed by atoms with Crippen molar-refractivity contribution in [2.75, 3.05) is 6.61 Å². The molecule has 0 saturated heterocycles. The molecular formula is C16H22O2. The maximum atomic E-state index is 9.83. The Labute approximate surface area is 109 Å². The Hall–Kier alpha value is -1.02. The number of hydrogen-bond donors (Lipinski definition) is 1. The van der Waals surface area contributed by atoms with Crippen molar-refractivity contribution in [3.8, 4) is 5.75 Å². The summed E-state index contributed by atoms with van der Waals surface area (Å²) in [5, 5.41) is 9.83. The molecule has 0 amide bonds. The van der Waals surface area contributed by atoms with E-state index in [0.29, 0.717) is 12.5 Å². The highest BCUT2D eigenvalue weighted by atomic mass is 16.5. The molecule has 2 heteroatoms. The zero-order valence-corrected chi connectivity index (χ0v) is 10.9. The minimum absolute atomic E-state index is 0.149. The fourth-order valence-electron chi connectivity index (χ4n) is 2.89. The van der Waals surface area contributed by atoms with Crippen molar-refractivity contribution in [1.82, 2.24) is 0 Å². The third-order valence-electron chi connectivity index (χ3n) is 4.19. The molecule has 0 heterocycles.